The molecule has 0 amide bonds. The Kier molecular flexibility index (Phi) is 3.53. The summed E-state index contributed by atoms with van der Waals surface area (Å²) in [6.45, 7) is 6.58. The van der Waals surface area contributed by atoms with E-state index in [0.717, 1.165) is 22.2 Å². The Morgan fingerprint density at radius 3 is 2.72 bits per heavy atom. The van der Waals surface area contributed by atoms with E-state index >= 15 is 0 Å². The molecule has 0 aliphatic rings. The first-order valence-corrected chi connectivity index (χ1v) is 6.58. The van der Waals surface area contributed by atoms with Gasteiger partial charge in [-0.2, -0.15) is 5.26 Å². The molecule has 1 unspecified atom stereocenters. The van der Waals surface area contributed by atoms with Crippen LogP contribution in [0.2, 0.25) is 0 Å². The van der Waals surface area contributed by atoms with Crippen LogP contribution in [0.5, 0.6) is 0 Å². The topological polar surface area (TPSA) is 44.5 Å². The van der Waals surface area contributed by atoms with E-state index in [2.05, 4.69) is 36.4 Å². The van der Waals surface area contributed by atoms with Crippen LogP contribution in [0.4, 0.5) is 0 Å². The van der Waals surface area contributed by atoms with Crippen molar-refractivity contribution < 1.29 is 0 Å². The highest BCUT2D eigenvalue weighted by molar-refractivity contribution is 7.71. The van der Waals surface area contributed by atoms with Gasteiger partial charge in [0.15, 0.2) is 4.77 Å². The summed E-state index contributed by atoms with van der Waals surface area (Å²) in [5.74, 6) is 0.617. The number of imidazole rings is 1. The maximum Gasteiger partial charge on any atom is 0.178 e. The molecule has 1 aromatic heterocycles. The van der Waals surface area contributed by atoms with Crippen LogP contribution >= 0.6 is 12.2 Å². The number of nitrogens with one attached hydrogen (secondary N) is 1. The van der Waals surface area contributed by atoms with Gasteiger partial charge in [0.2, 0.25) is 0 Å². The minimum Gasteiger partial charge on any atom is -0.331 e. The quantitative estimate of drug-likeness (QED) is 0.840. The molecule has 1 atom stereocenters. The van der Waals surface area contributed by atoms with E-state index in [9.17, 15) is 0 Å². The first-order chi connectivity index (χ1) is 8.52. The van der Waals surface area contributed by atoms with Gasteiger partial charge in [-0.1, -0.05) is 13.8 Å². The van der Waals surface area contributed by atoms with E-state index < -0.39 is 0 Å². The van der Waals surface area contributed by atoms with Crippen LogP contribution in [0.1, 0.15) is 38.8 Å². The van der Waals surface area contributed by atoms with E-state index in [1.807, 2.05) is 18.2 Å². The number of aromatic amines is 1. The first-order valence-electron chi connectivity index (χ1n) is 6.17. The zero-order chi connectivity index (χ0) is 13.3. The second kappa shape index (κ2) is 4.95. The molecular formula is C14H17N3S. The molecule has 0 bridgehead atoms. The Morgan fingerprint density at radius 1 is 1.39 bits per heavy atom. The Balaban J connectivity index is 2.58. The molecule has 4 heteroatoms. The maximum atomic E-state index is 8.98. The van der Waals surface area contributed by atoms with Gasteiger partial charge in [-0.15, -0.1) is 0 Å². The van der Waals surface area contributed by atoms with Crippen LogP contribution in [0.3, 0.4) is 0 Å². The van der Waals surface area contributed by atoms with Crippen LogP contribution in [0.25, 0.3) is 11.0 Å². The summed E-state index contributed by atoms with van der Waals surface area (Å²) in [6, 6.07) is 8.14. The van der Waals surface area contributed by atoms with Gasteiger partial charge >= 0.3 is 0 Å². The van der Waals surface area contributed by atoms with Gasteiger partial charge in [-0.3, -0.25) is 0 Å². The van der Waals surface area contributed by atoms with E-state index in [1.165, 1.54) is 0 Å². The monoisotopic (exact) mass is 259 g/mol. The molecule has 1 N–H and O–H groups in total. The number of nitrogens with zero attached hydrogens (tertiary/aromatic N) is 2. The molecule has 1 heterocycles. The van der Waals surface area contributed by atoms with Crippen molar-refractivity contribution in [3.63, 3.8) is 0 Å². The summed E-state index contributed by atoms with van der Waals surface area (Å²) in [5.41, 5.74) is 2.68. The summed E-state index contributed by atoms with van der Waals surface area (Å²) in [7, 11) is 0. The number of H-pyrrole nitrogens is 1. The molecule has 18 heavy (non-hydrogen) atoms. The summed E-state index contributed by atoms with van der Waals surface area (Å²) < 4.78 is 2.85. The maximum absolute atomic E-state index is 8.98. The largest absolute Gasteiger partial charge is 0.331 e. The standard InChI is InChI=1S/C14H17N3S/c1-9(2)6-10(3)17-13-7-11(8-15)4-5-12(13)16-14(17)18/h4-5,7,9-10H,6H2,1-3H3,(H,16,18). The lowest BCUT2D eigenvalue weighted by atomic mass is 10.0. The number of aromatic nitrogens is 2. The van der Waals surface area contributed by atoms with E-state index in [-0.39, 0.29) is 0 Å². The van der Waals surface area contributed by atoms with Gasteiger partial charge in [-0.05, 0) is 49.7 Å². The molecular weight excluding hydrogens is 242 g/mol. The number of hydrogen-bond donors (Lipinski definition) is 1. The summed E-state index contributed by atoms with van der Waals surface area (Å²) >= 11 is 5.39. The van der Waals surface area contributed by atoms with E-state index in [0.29, 0.717) is 17.5 Å². The average molecular weight is 259 g/mol. The fraction of sp³-hybridized carbons (Fsp3) is 0.429. The highest BCUT2D eigenvalue weighted by atomic mass is 32.1. The third kappa shape index (κ3) is 2.32. The molecule has 1 aromatic carbocycles. The smallest absolute Gasteiger partial charge is 0.178 e. The average Bonchev–Trinajstić information content (AvgIpc) is 2.62. The highest BCUT2D eigenvalue weighted by Crippen LogP contribution is 2.24. The van der Waals surface area contributed by atoms with Gasteiger partial charge in [0.25, 0.3) is 0 Å². The SMILES string of the molecule is CC(C)CC(C)n1c(=S)[nH]c2ccc(C#N)cc21. The zero-order valence-electron chi connectivity index (χ0n) is 10.9. The molecule has 0 spiro atoms. The highest BCUT2D eigenvalue weighted by Gasteiger charge is 2.12. The summed E-state index contributed by atoms with van der Waals surface area (Å²) in [4.78, 5) is 3.20. The van der Waals surface area contributed by atoms with E-state index in [1.54, 1.807) is 0 Å². The van der Waals surface area contributed by atoms with Crippen molar-refractivity contribution in [1.29, 1.82) is 5.26 Å². The number of nitriles is 1. The molecule has 0 saturated carbocycles. The number of benzene rings is 1. The number of rotatable bonds is 3. The van der Waals surface area contributed by atoms with Crippen molar-refractivity contribution in [2.75, 3.05) is 0 Å². The van der Waals surface area contributed by atoms with Crippen molar-refractivity contribution in [2.24, 2.45) is 5.92 Å². The summed E-state index contributed by atoms with van der Waals surface area (Å²) in [6.07, 6.45) is 1.07. The molecule has 3 nitrogen and oxygen atoms in total. The Labute approximate surface area is 112 Å². The van der Waals surface area contributed by atoms with Gasteiger partial charge < -0.3 is 9.55 Å². The van der Waals surface area contributed by atoms with Crippen LogP contribution in [0.15, 0.2) is 18.2 Å². The van der Waals surface area contributed by atoms with Gasteiger partial charge in [-0.25, -0.2) is 0 Å². The van der Waals surface area contributed by atoms with Gasteiger partial charge in [0.05, 0.1) is 22.7 Å². The molecule has 0 fully saturated rings. The second-order valence-electron chi connectivity index (χ2n) is 5.12. The van der Waals surface area contributed by atoms with Crippen molar-refractivity contribution in [2.45, 2.75) is 33.2 Å². The molecule has 0 saturated heterocycles. The minimum atomic E-state index is 0.334. The first kappa shape index (κ1) is 12.8. The fourth-order valence-electron chi connectivity index (χ4n) is 2.42. The normalized spacial score (nSPS) is 12.8. The molecule has 0 radical (unpaired) electrons. The molecule has 2 rings (SSSR count). The molecule has 0 aliphatic heterocycles. The van der Waals surface area contributed by atoms with Crippen molar-refractivity contribution in [3.8, 4) is 6.07 Å². The Morgan fingerprint density at radius 2 is 2.11 bits per heavy atom. The zero-order valence-corrected chi connectivity index (χ0v) is 11.7. The van der Waals surface area contributed by atoms with Gasteiger partial charge in [0.1, 0.15) is 0 Å². The minimum absolute atomic E-state index is 0.334. The van der Waals surface area contributed by atoms with Crippen molar-refractivity contribution in [1.82, 2.24) is 9.55 Å². The van der Waals surface area contributed by atoms with Crippen molar-refractivity contribution in [3.05, 3.63) is 28.5 Å². The molecule has 0 aliphatic carbocycles. The second-order valence-corrected chi connectivity index (χ2v) is 5.51. The lowest BCUT2D eigenvalue weighted by Gasteiger charge is -2.16. The van der Waals surface area contributed by atoms with Crippen LogP contribution < -0.4 is 0 Å². The van der Waals surface area contributed by atoms with E-state index in [4.69, 9.17) is 17.5 Å². The predicted octanol–water partition coefficient (Wildman–Crippen LogP) is 4.18. The van der Waals surface area contributed by atoms with Crippen LogP contribution in [-0.4, -0.2) is 9.55 Å². The Bertz CT molecular complexity index is 658. The van der Waals surface area contributed by atoms with Crippen LogP contribution in [0, 0.1) is 22.0 Å². The van der Waals surface area contributed by atoms with Crippen molar-refractivity contribution >= 4 is 23.3 Å². The molecule has 94 valence electrons. The fourth-order valence-corrected chi connectivity index (χ4v) is 2.80. The number of fused-ring (bicyclic) bond motifs is 1. The Hall–Kier alpha value is -1.60. The molecule has 2 aromatic rings. The van der Waals surface area contributed by atoms with Gasteiger partial charge in [0, 0.05) is 6.04 Å². The summed E-state index contributed by atoms with van der Waals surface area (Å²) in [5, 5.41) is 8.98. The van der Waals surface area contributed by atoms with Crippen LogP contribution in [-0.2, 0) is 0 Å². The predicted molar refractivity (Wildman–Crippen MR) is 76.0 cm³/mol. The third-order valence-electron chi connectivity index (χ3n) is 3.10. The third-order valence-corrected chi connectivity index (χ3v) is 3.40. The lowest BCUT2D eigenvalue weighted by Crippen LogP contribution is -2.08. The number of hydrogen-bond acceptors (Lipinski definition) is 2. The lowest BCUT2D eigenvalue weighted by molar-refractivity contribution is 0.432.